The number of aromatic nitrogens is 2. The summed E-state index contributed by atoms with van der Waals surface area (Å²) in [4.78, 5) is 16.7. The molecule has 2 heterocycles. The number of rotatable bonds is 2. The van der Waals surface area contributed by atoms with Crippen LogP contribution in [0.5, 0.6) is 0 Å². The lowest BCUT2D eigenvalue weighted by Crippen LogP contribution is -2.24. The SMILES string of the molecule is O=C1C[C@H](c2ccccc2)c2ncn(-c3cccc(Cl)c3)c2N1. The first kappa shape index (κ1) is 14.0. The van der Waals surface area contributed by atoms with Crippen molar-refractivity contribution in [2.45, 2.75) is 12.3 Å². The number of carbonyl (C=O) groups is 1. The number of benzene rings is 2. The molecule has 1 aliphatic rings. The van der Waals surface area contributed by atoms with Crippen LogP contribution in [0.25, 0.3) is 5.69 Å². The van der Waals surface area contributed by atoms with Crippen molar-refractivity contribution in [2.75, 3.05) is 5.32 Å². The highest BCUT2D eigenvalue weighted by Crippen LogP contribution is 2.37. The highest BCUT2D eigenvalue weighted by molar-refractivity contribution is 6.30. The molecule has 0 aliphatic carbocycles. The first-order chi connectivity index (χ1) is 11.2. The number of imidazole rings is 1. The van der Waals surface area contributed by atoms with Gasteiger partial charge in [-0.1, -0.05) is 48.0 Å². The van der Waals surface area contributed by atoms with Crippen molar-refractivity contribution in [1.29, 1.82) is 0 Å². The van der Waals surface area contributed by atoms with Crippen LogP contribution in [-0.4, -0.2) is 15.5 Å². The molecule has 1 atom stereocenters. The van der Waals surface area contributed by atoms with Gasteiger partial charge >= 0.3 is 0 Å². The Hall–Kier alpha value is -2.59. The van der Waals surface area contributed by atoms with Crippen molar-refractivity contribution in [3.05, 3.63) is 77.2 Å². The van der Waals surface area contributed by atoms with Gasteiger partial charge in [0.1, 0.15) is 12.1 Å². The second-order valence-electron chi connectivity index (χ2n) is 5.54. The van der Waals surface area contributed by atoms with Gasteiger partial charge in [-0.05, 0) is 23.8 Å². The summed E-state index contributed by atoms with van der Waals surface area (Å²) in [6, 6.07) is 17.5. The van der Waals surface area contributed by atoms with Crippen molar-refractivity contribution in [1.82, 2.24) is 9.55 Å². The number of amides is 1. The van der Waals surface area contributed by atoms with E-state index in [1.165, 1.54) is 0 Å². The minimum absolute atomic E-state index is 0.00451. The van der Waals surface area contributed by atoms with Crippen molar-refractivity contribution >= 4 is 23.3 Å². The predicted molar refractivity (Wildman–Crippen MR) is 90.1 cm³/mol. The van der Waals surface area contributed by atoms with Crippen LogP contribution in [-0.2, 0) is 4.79 Å². The van der Waals surface area contributed by atoms with Crippen molar-refractivity contribution < 1.29 is 4.79 Å². The molecule has 1 N–H and O–H groups in total. The highest BCUT2D eigenvalue weighted by Gasteiger charge is 2.30. The Kier molecular flexibility index (Phi) is 3.39. The number of anilines is 1. The van der Waals surface area contributed by atoms with Crippen LogP contribution in [0.2, 0.25) is 5.02 Å². The van der Waals surface area contributed by atoms with Crippen LogP contribution in [0.3, 0.4) is 0 Å². The molecule has 23 heavy (non-hydrogen) atoms. The third-order valence-electron chi connectivity index (χ3n) is 4.06. The molecule has 1 aliphatic heterocycles. The van der Waals surface area contributed by atoms with Crippen LogP contribution in [0.15, 0.2) is 60.9 Å². The molecular formula is C18H14ClN3O. The number of carbonyl (C=O) groups excluding carboxylic acids is 1. The summed E-state index contributed by atoms with van der Waals surface area (Å²) < 4.78 is 1.87. The van der Waals surface area contributed by atoms with E-state index in [0.29, 0.717) is 11.4 Å². The number of nitrogens with zero attached hydrogens (tertiary/aromatic N) is 2. The van der Waals surface area contributed by atoms with Gasteiger partial charge in [0.25, 0.3) is 0 Å². The summed E-state index contributed by atoms with van der Waals surface area (Å²) in [5.74, 6) is 0.688. The van der Waals surface area contributed by atoms with Gasteiger partial charge in [0.05, 0.1) is 5.69 Å². The fraction of sp³-hybridized carbons (Fsp3) is 0.111. The molecule has 1 aromatic heterocycles. The minimum atomic E-state index is -0.0274. The number of hydrogen-bond donors (Lipinski definition) is 1. The molecule has 0 unspecified atom stereocenters. The Bertz CT molecular complexity index is 873. The van der Waals surface area contributed by atoms with Gasteiger partial charge in [0, 0.05) is 23.0 Å². The fourth-order valence-corrected chi connectivity index (χ4v) is 3.17. The third-order valence-corrected chi connectivity index (χ3v) is 4.30. The second kappa shape index (κ2) is 5.56. The van der Waals surface area contributed by atoms with E-state index in [1.54, 1.807) is 6.33 Å². The van der Waals surface area contributed by atoms with E-state index in [4.69, 9.17) is 11.6 Å². The van der Waals surface area contributed by atoms with Gasteiger partial charge in [-0.2, -0.15) is 0 Å². The summed E-state index contributed by atoms with van der Waals surface area (Å²) in [6.45, 7) is 0. The molecule has 4 nitrogen and oxygen atoms in total. The first-order valence-electron chi connectivity index (χ1n) is 7.40. The zero-order valence-electron chi connectivity index (χ0n) is 12.2. The molecule has 0 radical (unpaired) electrons. The van der Waals surface area contributed by atoms with Crippen LogP contribution in [0.1, 0.15) is 23.6 Å². The van der Waals surface area contributed by atoms with Crippen LogP contribution in [0.4, 0.5) is 5.82 Å². The molecule has 5 heteroatoms. The quantitative estimate of drug-likeness (QED) is 0.775. The Morgan fingerprint density at radius 3 is 2.74 bits per heavy atom. The molecule has 4 rings (SSSR count). The highest BCUT2D eigenvalue weighted by atomic mass is 35.5. The lowest BCUT2D eigenvalue weighted by atomic mass is 9.90. The van der Waals surface area contributed by atoms with Crippen molar-refractivity contribution in [2.24, 2.45) is 0 Å². The summed E-state index contributed by atoms with van der Waals surface area (Å²) in [5, 5.41) is 3.59. The average Bonchev–Trinajstić information content (AvgIpc) is 2.98. The summed E-state index contributed by atoms with van der Waals surface area (Å²) in [5.41, 5.74) is 2.86. The number of fused-ring (bicyclic) bond motifs is 1. The normalized spacial score (nSPS) is 16.7. The fourth-order valence-electron chi connectivity index (χ4n) is 2.99. The second-order valence-corrected chi connectivity index (χ2v) is 5.98. The topological polar surface area (TPSA) is 46.9 Å². The molecule has 0 bridgehead atoms. The van der Waals surface area contributed by atoms with Crippen LogP contribution >= 0.6 is 11.6 Å². The largest absolute Gasteiger partial charge is 0.310 e. The average molecular weight is 324 g/mol. The van der Waals surface area contributed by atoms with E-state index >= 15 is 0 Å². The Morgan fingerprint density at radius 2 is 1.96 bits per heavy atom. The Labute approximate surface area is 138 Å². The molecule has 3 aromatic rings. The molecule has 0 saturated heterocycles. The van der Waals surface area contributed by atoms with Gasteiger partial charge in [-0.3, -0.25) is 9.36 Å². The molecule has 114 valence electrons. The molecule has 0 fully saturated rings. The Morgan fingerprint density at radius 1 is 1.13 bits per heavy atom. The maximum atomic E-state index is 12.2. The first-order valence-corrected chi connectivity index (χ1v) is 7.78. The van der Waals surface area contributed by atoms with Gasteiger partial charge in [-0.25, -0.2) is 4.98 Å². The lowest BCUT2D eigenvalue weighted by Gasteiger charge is -2.23. The summed E-state index contributed by atoms with van der Waals surface area (Å²) >= 11 is 6.08. The minimum Gasteiger partial charge on any atom is -0.310 e. The zero-order valence-corrected chi connectivity index (χ0v) is 13.0. The van der Waals surface area contributed by atoms with Gasteiger partial charge < -0.3 is 5.32 Å². The van der Waals surface area contributed by atoms with Crippen LogP contribution < -0.4 is 5.32 Å². The monoisotopic (exact) mass is 323 g/mol. The molecular weight excluding hydrogens is 310 g/mol. The summed E-state index contributed by atoms with van der Waals surface area (Å²) in [7, 11) is 0. The smallest absolute Gasteiger partial charge is 0.226 e. The number of halogens is 1. The standard InChI is InChI=1S/C18H14ClN3O/c19-13-7-4-8-14(9-13)22-11-20-17-15(10-16(23)21-18(17)22)12-5-2-1-3-6-12/h1-9,11,15H,10H2,(H,21,23)/t15-/m1/s1. The third kappa shape index (κ3) is 2.51. The Balaban J connectivity index is 1.83. The van der Waals surface area contributed by atoms with E-state index in [-0.39, 0.29) is 11.8 Å². The van der Waals surface area contributed by atoms with E-state index < -0.39 is 0 Å². The van der Waals surface area contributed by atoms with Gasteiger partial charge in [0.15, 0.2) is 0 Å². The number of hydrogen-bond acceptors (Lipinski definition) is 2. The van der Waals surface area contributed by atoms with E-state index in [1.807, 2.05) is 59.2 Å². The molecule has 1 amide bonds. The van der Waals surface area contributed by atoms with Gasteiger partial charge in [0.2, 0.25) is 5.91 Å². The van der Waals surface area contributed by atoms with Crippen molar-refractivity contribution in [3.8, 4) is 5.69 Å². The molecule has 2 aromatic carbocycles. The van der Waals surface area contributed by atoms with E-state index in [9.17, 15) is 4.79 Å². The number of nitrogens with one attached hydrogen (secondary N) is 1. The lowest BCUT2D eigenvalue weighted by molar-refractivity contribution is -0.116. The van der Waals surface area contributed by atoms with Gasteiger partial charge in [-0.15, -0.1) is 0 Å². The molecule has 0 spiro atoms. The van der Waals surface area contributed by atoms with E-state index in [0.717, 1.165) is 22.8 Å². The predicted octanol–water partition coefficient (Wildman–Crippen LogP) is 4.00. The summed E-state index contributed by atoms with van der Waals surface area (Å²) in [6.07, 6.45) is 2.14. The van der Waals surface area contributed by atoms with Crippen molar-refractivity contribution in [3.63, 3.8) is 0 Å². The maximum Gasteiger partial charge on any atom is 0.226 e. The van der Waals surface area contributed by atoms with E-state index in [2.05, 4.69) is 10.3 Å². The zero-order chi connectivity index (χ0) is 15.8. The molecule has 0 saturated carbocycles. The van der Waals surface area contributed by atoms with Crippen LogP contribution in [0, 0.1) is 0 Å². The maximum absolute atomic E-state index is 12.2.